The van der Waals surface area contributed by atoms with Gasteiger partial charge >= 0.3 is 0 Å². The predicted molar refractivity (Wildman–Crippen MR) is 97.0 cm³/mol. The van der Waals surface area contributed by atoms with Crippen LogP contribution in [-0.4, -0.2) is 15.5 Å². The van der Waals surface area contributed by atoms with Crippen molar-refractivity contribution in [1.29, 1.82) is 0 Å². The zero-order valence-corrected chi connectivity index (χ0v) is 15.7. The van der Waals surface area contributed by atoms with Crippen molar-refractivity contribution in [2.45, 2.75) is 45.1 Å². The van der Waals surface area contributed by atoms with Crippen molar-refractivity contribution < 1.29 is 13.2 Å². The molecule has 24 heavy (non-hydrogen) atoms. The van der Waals surface area contributed by atoms with Gasteiger partial charge in [0, 0.05) is 6.54 Å². The monoisotopic (exact) mass is 347 g/mol. The largest absolute Gasteiger partial charge is 0.496 e. The molecule has 2 rings (SSSR count). The van der Waals surface area contributed by atoms with Gasteiger partial charge in [-0.05, 0) is 48.6 Å². The minimum atomic E-state index is -3.59. The van der Waals surface area contributed by atoms with Crippen LogP contribution in [0.3, 0.4) is 0 Å². The Morgan fingerprint density at radius 1 is 1.12 bits per heavy atom. The zero-order valence-electron chi connectivity index (χ0n) is 14.9. The van der Waals surface area contributed by atoms with Gasteiger partial charge in [-0.1, -0.05) is 43.7 Å². The van der Waals surface area contributed by atoms with E-state index in [1.165, 1.54) is 0 Å². The number of hydrogen-bond donors (Lipinski definition) is 1. The number of aryl methyl sites for hydroxylation is 2. The van der Waals surface area contributed by atoms with E-state index in [-0.39, 0.29) is 12.5 Å². The first-order chi connectivity index (χ1) is 11.2. The van der Waals surface area contributed by atoms with Crippen molar-refractivity contribution in [2.75, 3.05) is 7.11 Å². The Kier molecular flexibility index (Phi) is 5.67. The van der Waals surface area contributed by atoms with Crippen molar-refractivity contribution in [3.05, 3.63) is 58.7 Å². The summed E-state index contributed by atoms with van der Waals surface area (Å²) in [6.45, 7) is 8.08. The highest BCUT2D eigenvalue weighted by atomic mass is 32.2. The smallest absolute Gasteiger partial charge is 0.241 e. The van der Waals surface area contributed by atoms with Crippen LogP contribution in [0.1, 0.15) is 42.0 Å². The zero-order chi connectivity index (χ0) is 17.9. The minimum Gasteiger partial charge on any atom is -0.496 e. The molecule has 0 aliphatic heterocycles. The summed E-state index contributed by atoms with van der Waals surface area (Å²) in [6, 6.07) is 11.3. The third-order valence-electron chi connectivity index (χ3n) is 3.99. The minimum absolute atomic E-state index is 0.172. The first-order valence-corrected chi connectivity index (χ1v) is 9.46. The molecule has 0 saturated heterocycles. The van der Waals surface area contributed by atoms with Crippen molar-refractivity contribution in [2.24, 2.45) is 0 Å². The molecule has 2 aromatic carbocycles. The normalized spacial score (nSPS) is 11.8. The molecule has 0 heterocycles. The maximum atomic E-state index is 12.7. The Balaban J connectivity index is 2.33. The van der Waals surface area contributed by atoms with Gasteiger partial charge in [0.15, 0.2) is 0 Å². The molecule has 5 heteroatoms. The third-order valence-corrected chi connectivity index (χ3v) is 5.53. The van der Waals surface area contributed by atoms with Crippen LogP contribution in [0.2, 0.25) is 0 Å². The molecule has 0 atom stereocenters. The second kappa shape index (κ2) is 7.36. The molecule has 2 aromatic rings. The van der Waals surface area contributed by atoms with Gasteiger partial charge in [0.05, 0.1) is 12.0 Å². The summed E-state index contributed by atoms with van der Waals surface area (Å²) in [4.78, 5) is 0.305. The Bertz CT molecular complexity index is 827. The van der Waals surface area contributed by atoms with Gasteiger partial charge < -0.3 is 4.74 Å². The van der Waals surface area contributed by atoms with Crippen LogP contribution in [0.4, 0.5) is 0 Å². The molecule has 0 fully saturated rings. The molecule has 130 valence electrons. The summed E-state index contributed by atoms with van der Waals surface area (Å²) in [5.74, 6) is 0.895. The average molecular weight is 347 g/mol. The fourth-order valence-electron chi connectivity index (χ4n) is 2.67. The molecule has 0 aliphatic rings. The van der Waals surface area contributed by atoms with E-state index in [1.807, 2.05) is 45.0 Å². The van der Waals surface area contributed by atoms with Crippen LogP contribution in [0.25, 0.3) is 0 Å². The van der Waals surface area contributed by atoms with Crippen LogP contribution in [0.5, 0.6) is 5.75 Å². The van der Waals surface area contributed by atoms with Gasteiger partial charge in [0.1, 0.15) is 5.75 Å². The topological polar surface area (TPSA) is 55.4 Å². The SMILES string of the molecule is COc1cc(C)c(S(=O)(=O)NCc2cccc(C)c2)cc1C(C)C. The maximum Gasteiger partial charge on any atom is 0.241 e. The van der Waals surface area contributed by atoms with Crippen molar-refractivity contribution in [3.8, 4) is 5.75 Å². The highest BCUT2D eigenvalue weighted by molar-refractivity contribution is 7.89. The Hall–Kier alpha value is -1.85. The summed E-state index contributed by atoms with van der Waals surface area (Å²) >= 11 is 0. The van der Waals surface area contributed by atoms with Gasteiger partial charge in [-0.25, -0.2) is 13.1 Å². The second-order valence-corrected chi connectivity index (χ2v) is 8.06. The van der Waals surface area contributed by atoms with Crippen molar-refractivity contribution in [3.63, 3.8) is 0 Å². The fourth-order valence-corrected chi connectivity index (χ4v) is 3.95. The number of nitrogens with one attached hydrogen (secondary N) is 1. The van der Waals surface area contributed by atoms with Gasteiger partial charge in [0.2, 0.25) is 10.0 Å². The highest BCUT2D eigenvalue weighted by Gasteiger charge is 2.20. The molecule has 0 radical (unpaired) electrons. The van der Waals surface area contributed by atoms with Crippen LogP contribution in [0.15, 0.2) is 41.3 Å². The molecule has 0 aromatic heterocycles. The number of hydrogen-bond acceptors (Lipinski definition) is 3. The summed E-state index contributed by atoms with van der Waals surface area (Å²) in [5, 5.41) is 0. The van der Waals surface area contributed by atoms with E-state index in [0.29, 0.717) is 10.5 Å². The highest BCUT2D eigenvalue weighted by Crippen LogP contribution is 2.31. The molecule has 0 unspecified atom stereocenters. The Morgan fingerprint density at radius 3 is 2.42 bits per heavy atom. The average Bonchev–Trinajstić information content (AvgIpc) is 2.52. The number of methoxy groups -OCH3 is 1. The third kappa shape index (κ3) is 4.16. The van der Waals surface area contributed by atoms with Crippen LogP contribution in [-0.2, 0) is 16.6 Å². The van der Waals surface area contributed by atoms with Gasteiger partial charge in [-0.2, -0.15) is 0 Å². The maximum absolute atomic E-state index is 12.7. The number of ether oxygens (including phenoxy) is 1. The fraction of sp³-hybridized carbons (Fsp3) is 0.368. The molecule has 0 bridgehead atoms. The molecule has 0 saturated carbocycles. The standard InChI is InChI=1S/C19H25NO3S/c1-13(2)17-11-19(15(4)10-18(17)23-5)24(21,22)20-12-16-8-6-7-14(3)9-16/h6-11,13,20H,12H2,1-5H3. The van der Waals surface area contributed by atoms with E-state index < -0.39 is 10.0 Å². The van der Waals surface area contributed by atoms with E-state index in [9.17, 15) is 8.42 Å². The number of benzene rings is 2. The van der Waals surface area contributed by atoms with Crippen LogP contribution < -0.4 is 9.46 Å². The summed E-state index contributed by atoms with van der Waals surface area (Å²) in [5.41, 5.74) is 3.61. The van der Waals surface area contributed by atoms with Gasteiger partial charge in [-0.15, -0.1) is 0 Å². The van der Waals surface area contributed by atoms with E-state index in [0.717, 1.165) is 22.4 Å². The Labute approximate surface area is 144 Å². The quantitative estimate of drug-likeness (QED) is 0.862. The number of sulfonamides is 1. The van der Waals surface area contributed by atoms with E-state index in [1.54, 1.807) is 26.2 Å². The van der Waals surface area contributed by atoms with E-state index >= 15 is 0 Å². The number of rotatable bonds is 6. The lowest BCUT2D eigenvalue weighted by Crippen LogP contribution is -2.24. The molecule has 1 N–H and O–H groups in total. The van der Waals surface area contributed by atoms with Crippen LogP contribution in [0, 0.1) is 13.8 Å². The lowest BCUT2D eigenvalue weighted by atomic mass is 10.0. The molecule has 0 amide bonds. The van der Waals surface area contributed by atoms with E-state index in [2.05, 4.69) is 4.72 Å². The van der Waals surface area contributed by atoms with Gasteiger partial charge in [0.25, 0.3) is 0 Å². The van der Waals surface area contributed by atoms with Crippen molar-refractivity contribution in [1.82, 2.24) is 4.72 Å². The Morgan fingerprint density at radius 2 is 1.83 bits per heavy atom. The van der Waals surface area contributed by atoms with Gasteiger partial charge in [-0.3, -0.25) is 0 Å². The summed E-state index contributed by atoms with van der Waals surface area (Å²) < 4.78 is 33.5. The van der Waals surface area contributed by atoms with Crippen molar-refractivity contribution >= 4 is 10.0 Å². The predicted octanol–water partition coefficient (Wildman–Crippen LogP) is 3.91. The summed E-state index contributed by atoms with van der Waals surface area (Å²) in [6.07, 6.45) is 0. The molecule has 0 aliphatic carbocycles. The summed E-state index contributed by atoms with van der Waals surface area (Å²) in [7, 11) is -1.99. The molecule has 0 spiro atoms. The van der Waals surface area contributed by atoms with E-state index in [4.69, 9.17) is 4.74 Å². The molecule has 4 nitrogen and oxygen atoms in total. The molecular weight excluding hydrogens is 322 g/mol. The second-order valence-electron chi connectivity index (χ2n) is 6.33. The molecular formula is C19H25NO3S. The lowest BCUT2D eigenvalue weighted by Gasteiger charge is -2.16. The lowest BCUT2D eigenvalue weighted by molar-refractivity contribution is 0.406. The van der Waals surface area contributed by atoms with Crippen LogP contribution >= 0.6 is 0 Å². The first kappa shape index (κ1) is 18.5. The first-order valence-electron chi connectivity index (χ1n) is 7.98.